The van der Waals surface area contributed by atoms with E-state index in [1.807, 2.05) is 0 Å². The van der Waals surface area contributed by atoms with Gasteiger partial charge >= 0.3 is 0 Å². The number of fused-ring (bicyclic) bond motifs is 2. The molecule has 2 saturated carbocycles. The van der Waals surface area contributed by atoms with Gasteiger partial charge in [-0.1, -0.05) is 101 Å². The summed E-state index contributed by atoms with van der Waals surface area (Å²) >= 11 is 0. The number of aliphatic hydroxyl groups excluding tert-OH is 1. The second kappa shape index (κ2) is 9.65. The Morgan fingerprint density at radius 3 is 2.68 bits per heavy atom. The topological polar surface area (TPSA) is 20.2 Å². The van der Waals surface area contributed by atoms with Crippen LogP contribution in [-0.2, 0) is 11.8 Å². The molecule has 0 amide bonds. The summed E-state index contributed by atoms with van der Waals surface area (Å²) < 4.78 is 0. The van der Waals surface area contributed by atoms with Crippen LogP contribution >= 0.6 is 0 Å². The molecule has 1 nitrogen and oxygen atoms in total. The fraction of sp³-hybridized carbons (Fsp3) is 0.576. The third kappa shape index (κ3) is 4.09. The van der Waals surface area contributed by atoms with Crippen LogP contribution in [-0.4, -0.2) is 11.2 Å². The van der Waals surface area contributed by atoms with Crippen LogP contribution in [0.2, 0.25) is 0 Å². The minimum Gasteiger partial charge on any atom is -0.393 e. The summed E-state index contributed by atoms with van der Waals surface area (Å²) in [5.74, 6) is 0.626. The molecule has 0 aromatic heterocycles. The highest BCUT2D eigenvalue weighted by Gasteiger charge is 2.77. The molecule has 34 heavy (non-hydrogen) atoms. The molecule has 5 unspecified atom stereocenters. The summed E-state index contributed by atoms with van der Waals surface area (Å²) in [5, 5.41) is 10.8. The molecule has 1 heteroatoms. The van der Waals surface area contributed by atoms with E-state index in [0.29, 0.717) is 5.92 Å². The average molecular weight is 459 g/mol. The van der Waals surface area contributed by atoms with Gasteiger partial charge in [-0.15, -0.1) is 0 Å². The number of unbranched alkanes of at least 4 members (excludes halogenated alkanes) is 1. The van der Waals surface area contributed by atoms with Crippen molar-refractivity contribution in [3.63, 3.8) is 0 Å². The Balaban J connectivity index is 1.55. The third-order valence-electron chi connectivity index (χ3n) is 9.58. The molecule has 3 aliphatic rings. The van der Waals surface area contributed by atoms with E-state index >= 15 is 0 Å². The number of hydrogen-bond donors (Lipinski definition) is 1. The molecule has 0 saturated heterocycles. The molecule has 5 atom stereocenters. The Hall–Kier alpha value is -1.86. The van der Waals surface area contributed by atoms with Crippen molar-refractivity contribution in [1.29, 1.82) is 0 Å². The summed E-state index contributed by atoms with van der Waals surface area (Å²) in [6.07, 6.45) is 22.5. The second-order valence-corrected chi connectivity index (χ2v) is 11.8. The first-order valence-electron chi connectivity index (χ1n) is 13.7. The normalized spacial score (nSPS) is 34.9. The molecule has 0 radical (unpaired) electrons. The van der Waals surface area contributed by atoms with Crippen LogP contribution in [0.25, 0.3) is 6.08 Å². The Labute approximate surface area is 208 Å². The van der Waals surface area contributed by atoms with Gasteiger partial charge in [0.25, 0.3) is 0 Å². The standard InChI is InChI=1S/C33H46O/c1-7-10-15-26(24(4)8-2)16-13-11-12-14-25-17-18-27-20-28(9-3)33-23-31(33,5)21-29(34)22-32(33,6)30(27)19-25/h9,12-19,24,29,34H,7-8,10-11,20-23H2,1-6H3. The smallest absolute Gasteiger partial charge is 0.0554 e. The van der Waals surface area contributed by atoms with Gasteiger partial charge in [0, 0.05) is 10.8 Å². The van der Waals surface area contributed by atoms with Crippen LogP contribution in [0, 0.1) is 16.7 Å². The maximum absolute atomic E-state index is 10.8. The van der Waals surface area contributed by atoms with Crippen molar-refractivity contribution in [3.05, 3.63) is 76.4 Å². The molecular formula is C33H46O. The van der Waals surface area contributed by atoms with Crippen molar-refractivity contribution in [2.75, 3.05) is 0 Å². The fourth-order valence-corrected chi connectivity index (χ4v) is 7.62. The predicted molar refractivity (Wildman–Crippen MR) is 147 cm³/mol. The highest BCUT2D eigenvalue weighted by atomic mass is 16.3. The average Bonchev–Trinajstić information content (AvgIpc) is 3.45. The molecule has 3 aliphatic carbocycles. The van der Waals surface area contributed by atoms with Gasteiger partial charge in [-0.05, 0) is 85.5 Å². The molecule has 1 N–H and O–H groups in total. The minimum atomic E-state index is -0.195. The van der Waals surface area contributed by atoms with Gasteiger partial charge in [-0.3, -0.25) is 0 Å². The largest absolute Gasteiger partial charge is 0.393 e. The highest BCUT2D eigenvalue weighted by molar-refractivity contribution is 5.59. The van der Waals surface area contributed by atoms with E-state index in [1.54, 1.807) is 5.57 Å². The first-order valence-corrected chi connectivity index (χ1v) is 13.7. The van der Waals surface area contributed by atoms with Crippen molar-refractivity contribution in [2.24, 2.45) is 16.7 Å². The van der Waals surface area contributed by atoms with Gasteiger partial charge < -0.3 is 5.11 Å². The highest BCUT2D eigenvalue weighted by Crippen LogP contribution is 2.82. The van der Waals surface area contributed by atoms with Gasteiger partial charge in [-0.2, -0.15) is 0 Å². The van der Waals surface area contributed by atoms with E-state index in [-0.39, 0.29) is 22.3 Å². The van der Waals surface area contributed by atoms with E-state index in [4.69, 9.17) is 0 Å². The van der Waals surface area contributed by atoms with Gasteiger partial charge in [0.15, 0.2) is 0 Å². The maximum atomic E-state index is 10.8. The van der Waals surface area contributed by atoms with Crippen LogP contribution in [0.3, 0.4) is 0 Å². The van der Waals surface area contributed by atoms with Gasteiger partial charge in [0.05, 0.1) is 6.10 Å². The van der Waals surface area contributed by atoms with Crippen molar-refractivity contribution < 1.29 is 5.11 Å². The monoisotopic (exact) mass is 458 g/mol. The fourth-order valence-electron chi connectivity index (χ4n) is 7.62. The summed E-state index contributed by atoms with van der Waals surface area (Å²) in [4.78, 5) is 0. The first kappa shape index (κ1) is 25.2. The number of allylic oxidation sites excluding steroid dienone is 7. The molecule has 1 aromatic rings. The van der Waals surface area contributed by atoms with Crippen LogP contribution in [0.4, 0.5) is 0 Å². The van der Waals surface area contributed by atoms with E-state index < -0.39 is 0 Å². The lowest BCUT2D eigenvalue weighted by Crippen LogP contribution is -2.49. The van der Waals surface area contributed by atoms with Gasteiger partial charge in [-0.25, -0.2) is 0 Å². The lowest BCUT2D eigenvalue weighted by Gasteiger charge is -2.52. The predicted octanol–water partition coefficient (Wildman–Crippen LogP) is 8.73. The number of rotatable bonds is 8. The minimum absolute atomic E-state index is 0.0217. The molecule has 0 aliphatic heterocycles. The Morgan fingerprint density at radius 2 is 1.97 bits per heavy atom. The molecule has 2 fully saturated rings. The lowest BCUT2D eigenvalue weighted by molar-refractivity contribution is 0.0290. The van der Waals surface area contributed by atoms with E-state index in [1.165, 1.54) is 41.5 Å². The third-order valence-corrected chi connectivity index (χ3v) is 9.58. The molecule has 1 spiro atoms. The van der Waals surface area contributed by atoms with Crippen LogP contribution < -0.4 is 0 Å². The summed E-state index contributed by atoms with van der Waals surface area (Å²) in [6.45, 7) is 13.9. The Morgan fingerprint density at radius 1 is 1.18 bits per heavy atom. The van der Waals surface area contributed by atoms with E-state index in [0.717, 1.165) is 32.1 Å². The van der Waals surface area contributed by atoms with Crippen molar-refractivity contribution in [2.45, 2.75) is 104 Å². The quantitative estimate of drug-likeness (QED) is 0.305. The maximum Gasteiger partial charge on any atom is 0.0554 e. The zero-order valence-electron chi connectivity index (χ0n) is 22.5. The summed E-state index contributed by atoms with van der Waals surface area (Å²) in [7, 11) is 0. The molecule has 0 heterocycles. The van der Waals surface area contributed by atoms with Gasteiger partial charge in [0.1, 0.15) is 0 Å². The first-order chi connectivity index (χ1) is 16.2. The van der Waals surface area contributed by atoms with E-state index in [2.05, 4.69) is 96.2 Å². The van der Waals surface area contributed by atoms with Crippen LogP contribution in [0.15, 0.2) is 59.7 Å². The Bertz CT molecular complexity index is 1020. The number of benzene rings is 1. The second-order valence-electron chi connectivity index (χ2n) is 11.8. The molecule has 4 rings (SSSR count). The van der Waals surface area contributed by atoms with E-state index in [9.17, 15) is 5.11 Å². The molecule has 184 valence electrons. The molecule has 0 bridgehead atoms. The number of aliphatic hydroxyl groups is 1. The number of hydrogen-bond acceptors (Lipinski definition) is 1. The summed E-state index contributed by atoms with van der Waals surface area (Å²) in [6, 6.07) is 7.07. The lowest BCUT2D eigenvalue weighted by atomic mass is 9.52. The van der Waals surface area contributed by atoms with Crippen molar-refractivity contribution in [1.82, 2.24) is 0 Å². The Kier molecular flexibility index (Phi) is 7.16. The van der Waals surface area contributed by atoms with Gasteiger partial charge in [0.2, 0.25) is 0 Å². The summed E-state index contributed by atoms with van der Waals surface area (Å²) in [5.41, 5.74) is 7.83. The SMILES string of the molecule is CC=C1Cc2ccc(C=CCC=CC(=CCCC)C(C)CC)cc2C2(C)CC(O)CC3(C)CC132. The zero-order chi connectivity index (χ0) is 24.6. The zero-order valence-corrected chi connectivity index (χ0v) is 22.5. The van der Waals surface area contributed by atoms with Crippen LogP contribution in [0.5, 0.6) is 0 Å². The molecular weight excluding hydrogens is 412 g/mol. The molecule has 1 aromatic carbocycles. The van der Waals surface area contributed by atoms with Crippen molar-refractivity contribution in [3.8, 4) is 0 Å². The van der Waals surface area contributed by atoms with Crippen molar-refractivity contribution >= 4 is 6.08 Å². The van der Waals surface area contributed by atoms with Crippen LogP contribution in [0.1, 0.15) is 103 Å².